The molecule has 8 heteroatoms. The van der Waals surface area contributed by atoms with E-state index in [9.17, 15) is 8.42 Å². The van der Waals surface area contributed by atoms with E-state index >= 15 is 0 Å². The molecule has 160 valence electrons. The fourth-order valence-corrected chi connectivity index (χ4v) is 5.10. The van der Waals surface area contributed by atoms with Gasteiger partial charge in [0.1, 0.15) is 0 Å². The summed E-state index contributed by atoms with van der Waals surface area (Å²) < 4.78 is 23.8. The van der Waals surface area contributed by atoms with Gasteiger partial charge in [-0.25, -0.2) is 8.42 Å². The molecule has 1 fully saturated rings. The monoisotopic (exact) mass is 428 g/mol. The number of nitrogens with zero attached hydrogens (tertiary/aromatic N) is 2. The van der Waals surface area contributed by atoms with Crippen LogP contribution in [0.25, 0.3) is 0 Å². The Labute approximate surface area is 174 Å². The van der Waals surface area contributed by atoms with Gasteiger partial charge in [0.15, 0.2) is 15.8 Å². The number of nitrogens with one attached hydrogen (secondary N) is 2. The highest BCUT2D eigenvalue weighted by Gasteiger charge is 2.28. The minimum atomic E-state index is -3.14. The Bertz CT molecular complexity index is 716. The quantitative estimate of drug-likeness (QED) is 0.516. The summed E-state index contributed by atoms with van der Waals surface area (Å²) in [6, 6.07) is 4.61. The van der Waals surface area contributed by atoms with Crippen molar-refractivity contribution in [3.05, 3.63) is 22.4 Å². The lowest BCUT2D eigenvalue weighted by atomic mass is 9.97. The number of hydrogen-bond donors (Lipinski definition) is 2. The first-order valence-corrected chi connectivity index (χ1v) is 12.6. The molecule has 0 bridgehead atoms. The molecule has 28 heavy (non-hydrogen) atoms. The summed E-state index contributed by atoms with van der Waals surface area (Å²) in [5.74, 6) is 1.54. The van der Waals surface area contributed by atoms with Crippen molar-refractivity contribution in [3.8, 4) is 0 Å². The summed E-state index contributed by atoms with van der Waals surface area (Å²) in [7, 11) is -1.42. The first-order chi connectivity index (χ1) is 13.1. The van der Waals surface area contributed by atoms with Crippen molar-refractivity contribution in [2.24, 2.45) is 10.9 Å². The van der Waals surface area contributed by atoms with Crippen molar-refractivity contribution in [2.45, 2.75) is 51.3 Å². The zero-order chi connectivity index (χ0) is 20.8. The molecule has 2 heterocycles. The number of sulfone groups is 1. The van der Waals surface area contributed by atoms with Crippen molar-refractivity contribution in [1.29, 1.82) is 0 Å². The SMILES string of the molecule is CN=C(NCCS(=O)(=O)C(C)(C)C)NCC(c1cccs1)N1CCC(C)CC1. The number of likely N-dealkylation sites (tertiary alicyclic amines) is 1. The van der Waals surface area contributed by atoms with E-state index in [-0.39, 0.29) is 5.75 Å². The van der Waals surface area contributed by atoms with Crippen LogP contribution in [-0.2, 0) is 9.84 Å². The maximum absolute atomic E-state index is 12.3. The van der Waals surface area contributed by atoms with Crippen LogP contribution < -0.4 is 10.6 Å². The van der Waals surface area contributed by atoms with Gasteiger partial charge in [-0.1, -0.05) is 13.0 Å². The van der Waals surface area contributed by atoms with Crippen LogP contribution in [-0.4, -0.2) is 63.0 Å². The number of piperidine rings is 1. The van der Waals surface area contributed by atoms with E-state index < -0.39 is 14.6 Å². The third kappa shape index (κ3) is 6.46. The molecule has 0 amide bonds. The van der Waals surface area contributed by atoms with Crippen LogP contribution in [0.2, 0.25) is 0 Å². The lowest BCUT2D eigenvalue weighted by Gasteiger charge is -2.36. The minimum absolute atomic E-state index is 0.0928. The smallest absolute Gasteiger partial charge is 0.191 e. The Morgan fingerprint density at radius 2 is 2.00 bits per heavy atom. The molecular weight excluding hydrogens is 392 g/mol. The van der Waals surface area contributed by atoms with Gasteiger partial charge in [0.05, 0.1) is 16.5 Å². The van der Waals surface area contributed by atoms with E-state index in [2.05, 4.69) is 45.0 Å². The van der Waals surface area contributed by atoms with Gasteiger partial charge in [-0.2, -0.15) is 0 Å². The first-order valence-electron chi connectivity index (χ1n) is 10.1. The Morgan fingerprint density at radius 3 is 2.54 bits per heavy atom. The molecule has 1 unspecified atom stereocenters. The molecule has 2 N–H and O–H groups in total. The van der Waals surface area contributed by atoms with E-state index in [0.717, 1.165) is 25.6 Å². The summed E-state index contributed by atoms with van der Waals surface area (Å²) in [6.07, 6.45) is 2.47. The molecule has 2 rings (SSSR count). The van der Waals surface area contributed by atoms with E-state index in [4.69, 9.17) is 0 Å². The van der Waals surface area contributed by atoms with Gasteiger partial charge in [0.2, 0.25) is 0 Å². The van der Waals surface area contributed by atoms with Crippen molar-refractivity contribution in [2.75, 3.05) is 39.0 Å². The molecule has 0 radical (unpaired) electrons. The van der Waals surface area contributed by atoms with Gasteiger partial charge >= 0.3 is 0 Å². The number of hydrogen-bond acceptors (Lipinski definition) is 5. The second-order valence-electron chi connectivity index (χ2n) is 8.56. The van der Waals surface area contributed by atoms with Gasteiger partial charge in [-0.3, -0.25) is 9.89 Å². The van der Waals surface area contributed by atoms with Gasteiger partial charge < -0.3 is 10.6 Å². The van der Waals surface area contributed by atoms with E-state index in [1.54, 1.807) is 39.2 Å². The van der Waals surface area contributed by atoms with Crippen LogP contribution >= 0.6 is 11.3 Å². The second kappa shape index (κ2) is 10.1. The van der Waals surface area contributed by atoms with Crippen LogP contribution in [0.15, 0.2) is 22.5 Å². The van der Waals surface area contributed by atoms with Crippen LogP contribution in [0.3, 0.4) is 0 Å². The largest absolute Gasteiger partial charge is 0.355 e. The van der Waals surface area contributed by atoms with Gasteiger partial charge in [-0.15, -0.1) is 11.3 Å². The maximum Gasteiger partial charge on any atom is 0.191 e. The lowest BCUT2D eigenvalue weighted by Crippen LogP contribution is -2.46. The zero-order valence-electron chi connectivity index (χ0n) is 17.9. The van der Waals surface area contributed by atoms with Crippen LogP contribution in [0.1, 0.15) is 51.5 Å². The summed E-state index contributed by atoms with van der Waals surface area (Å²) in [4.78, 5) is 8.17. The molecule has 0 saturated carbocycles. The highest BCUT2D eigenvalue weighted by molar-refractivity contribution is 7.92. The normalized spacial score (nSPS) is 18.8. The standard InChI is InChI=1S/C20H36N4O2S2/c1-16-8-11-24(12-9-16)17(18-7-6-13-27-18)15-23-19(21-5)22-10-14-28(25,26)20(2,3)4/h6-7,13,16-17H,8-12,14-15H2,1-5H3,(H2,21,22,23). The number of guanidine groups is 1. The number of thiophene rings is 1. The average molecular weight is 429 g/mol. The van der Waals surface area contributed by atoms with E-state index in [1.807, 2.05) is 0 Å². The third-order valence-corrected chi connectivity index (χ3v) is 8.99. The molecule has 6 nitrogen and oxygen atoms in total. The summed E-state index contributed by atoms with van der Waals surface area (Å²) in [5, 5.41) is 8.68. The Balaban J connectivity index is 1.92. The van der Waals surface area contributed by atoms with Crippen LogP contribution in [0.4, 0.5) is 0 Å². The zero-order valence-corrected chi connectivity index (χ0v) is 19.5. The molecule has 0 spiro atoms. The fraction of sp³-hybridized carbons (Fsp3) is 0.750. The first kappa shape index (κ1) is 23.2. The summed E-state index contributed by atoms with van der Waals surface area (Å²) in [5.41, 5.74) is 0. The molecule has 0 aromatic carbocycles. The van der Waals surface area contributed by atoms with Crippen molar-refractivity contribution in [3.63, 3.8) is 0 Å². The maximum atomic E-state index is 12.3. The molecule has 1 aliphatic rings. The molecule has 1 saturated heterocycles. The topological polar surface area (TPSA) is 73.8 Å². The molecule has 1 aromatic rings. The van der Waals surface area contributed by atoms with Crippen LogP contribution in [0, 0.1) is 5.92 Å². The number of aliphatic imine (C=N–C) groups is 1. The molecule has 1 aromatic heterocycles. The Kier molecular flexibility index (Phi) is 8.33. The molecule has 1 atom stereocenters. The Morgan fingerprint density at radius 1 is 1.32 bits per heavy atom. The predicted octanol–water partition coefficient (Wildman–Crippen LogP) is 2.90. The van der Waals surface area contributed by atoms with Crippen molar-refractivity contribution in [1.82, 2.24) is 15.5 Å². The van der Waals surface area contributed by atoms with Gasteiger partial charge in [0, 0.05) is 25.0 Å². The molecular formula is C20H36N4O2S2. The minimum Gasteiger partial charge on any atom is -0.355 e. The van der Waals surface area contributed by atoms with Crippen LogP contribution in [0.5, 0.6) is 0 Å². The average Bonchev–Trinajstić information content (AvgIpc) is 3.15. The van der Waals surface area contributed by atoms with E-state index in [0.29, 0.717) is 18.5 Å². The lowest BCUT2D eigenvalue weighted by molar-refractivity contribution is 0.140. The summed E-state index contributed by atoms with van der Waals surface area (Å²) >= 11 is 1.79. The highest BCUT2D eigenvalue weighted by atomic mass is 32.2. The summed E-state index contributed by atoms with van der Waals surface area (Å²) in [6.45, 7) is 10.9. The third-order valence-electron chi connectivity index (χ3n) is 5.41. The second-order valence-corrected chi connectivity index (χ2v) is 12.4. The molecule has 1 aliphatic heterocycles. The number of rotatable bonds is 7. The fourth-order valence-electron chi connectivity index (χ4n) is 3.25. The van der Waals surface area contributed by atoms with Crippen molar-refractivity contribution >= 4 is 27.1 Å². The van der Waals surface area contributed by atoms with E-state index in [1.165, 1.54) is 17.7 Å². The highest BCUT2D eigenvalue weighted by Crippen LogP contribution is 2.29. The van der Waals surface area contributed by atoms with Gasteiger partial charge in [-0.05, 0) is 64.1 Å². The predicted molar refractivity (Wildman–Crippen MR) is 120 cm³/mol. The Hall–Kier alpha value is -1.12. The van der Waals surface area contributed by atoms with Gasteiger partial charge in [0.25, 0.3) is 0 Å². The molecule has 0 aliphatic carbocycles. The van der Waals surface area contributed by atoms with Crippen molar-refractivity contribution < 1.29 is 8.42 Å².